The molecule has 4 heteroatoms. The van der Waals surface area contributed by atoms with E-state index in [1.807, 2.05) is 40.7 Å². The van der Waals surface area contributed by atoms with Crippen molar-refractivity contribution in [3.8, 4) is 5.75 Å². The third kappa shape index (κ3) is 3.73. The molecule has 4 nitrogen and oxygen atoms in total. The van der Waals surface area contributed by atoms with E-state index < -0.39 is 6.04 Å². The predicted molar refractivity (Wildman–Crippen MR) is 81.3 cm³/mol. The summed E-state index contributed by atoms with van der Waals surface area (Å²) in [5.41, 5.74) is 6.71. The molecule has 1 unspecified atom stereocenters. The largest absolute Gasteiger partial charge is 0.508 e. The van der Waals surface area contributed by atoms with E-state index in [1.165, 1.54) is 0 Å². The molecule has 0 bridgehead atoms. The number of nitrogens with zero attached hydrogens (tertiary/aromatic N) is 1. The molecule has 0 aliphatic rings. The first-order chi connectivity index (χ1) is 9.18. The number of amides is 1. The summed E-state index contributed by atoms with van der Waals surface area (Å²) in [6.07, 6.45) is 0. The van der Waals surface area contributed by atoms with Gasteiger partial charge in [-0.3, -0.25) is 4.79 Å². The SMILES string of the molecule is CCN(C(=O)[C@H](N)C(C)(C)C)C(C)c1cccc(O)c1. The molecule has 0 saturated heterocycles. The van der Waals surface area contributed by atoms with E-state index in [9.17, 15) is 9.90 Å². The number of aromatic hydroxyl groups is 1. The van der Waals surface area contributed by atoms with E-state index in [2.05, 4.69) is 0 Å². The second kappa shape index (κ2) is 6.27. The molecule has 2 atom stereocenters. The molecule has 3 N–H and O–H groups in total. The summed E-state index contributed by atoms with van der Waals surface area (Å²) in [6, 6.07) is 6.33. The number of phenolic OH excluding ortho intramolecular Hbond substituents is 1. The second-order valence-electron chi connectivity index (χ2n) is 6.24. The van der Waals surface area contributed by atoms with Gasteiger partial charge in [-0.1, -0.05) is 32.9 Å². The molecule has 0 aliphatic carbocycles. The number of nitrogens with two attached hydrogens (primary N) is 1. The molecule has 0 aliphatic heterocycles. The first kappa shape index (κ1) is 16.5. The third-order valence-corrected chi connectivity index (χ3v) is 3.64. The number of carbonyl (C=O) groups excluding carboxylic acids is 1. The Morgan fingerprint density at radius 2 is 2.00 bits per heavy atom. The number of rotatable bonds is 4. The number of phenols is 1. The van der Waals surface area contributed by atoms with Crippen molar-refractivity contribution in [2.24, 2.45) is 11.1 Å². The Morgan fingerprint density at radius 1 is 1.40 bits per heavy atom. The van der Waals surface area contributed by atoms with Crippen molar-refractivity contribution >= 4 is 5.91 Å². The zero-order chi connectivity index (χ0) is 15.5. The molecule has 112 valence electrons. The van der Waals surface area contributed by atoms with Gasteiger partial charge in [-0.2, -0.15) is 0 Å². The van der Waals surface area contributed by atoms with Crippen LogP contribution in [0.3, 0.4) is 0 Å². The maximum Gasteiger partial charge on any atom is 0.240 e. The number of likely N-dealkylation sites (N-methyl/N-ethyl adjacent to an activating group) is 1. The molecule has 1 amide bonds. The summed E-state index contributed by atoms with van der Waals surface area (Å²) in [5, 5.41) is 9.57. The minimum absolute atomic E-state index is 0.0594. The molecule has 0 radical (unpaired) electrons. The Bertz CT molecular complexity index is 466. The topological polar surface area (TPSA) is 66.6 Å². The van der Waals surface area contributed by atoms with Gasteiger partial charge in [-0.25, -0.2) is 0 Å². The lowest BCUT2D eigenvalue weighted by Crippen LogP contribution is -2.51. The van der Waals surface area contributed by atoms with Crippen LogP contribution in [-0.4, -0.2) is 28.5 Å². The highest BCUT2D eigenvalue weighted by Gasteiger charge is 2.32. The van der Waals surface area contributed by atoms with Crippen LogP contribution >= 0.6 is 0 Å². The van der Waals surface area contributed by atoms with E-state index in [0.717, 1.165) is 5.56 Å². The summed E-state index contributed by atoms with van der Waals surface area (Å²) in [6.45, 7) is 10.4. The summed E-state index contributed by atoms with van der Waals surface area (Å²) in [5.74, 6) is 0.147. The highest BCUT2D eigenvalue weighted by atomic mass is 16.3. The van der Waals surface area contributed by atoms with Gasteiger partial charge in [0, 0.05) is 6.54 Å². The van der Waals surface area contributed by atoms with Gasteiger partial charge in [0.15, 0.2) is 0 Å². The summed E-state index contributed by atoms with van der Waals surface area (Å²) in [7, 11) is 0. The first-order valence-electron chi connectivity index (χ1n) is 7.03. The predicted octanol–water partition coefficient (Wildman–Crippen LogP) is 2.68. The van der Waals surface area contributed by atoms with Crippen molar-refractivity contribution in [2.75, 3.05) is 6.54 Å². The average Bonchev–Trinajstić information content (AvgIpc) is 2.37. The van der Waals surface area contributed by atoms with Gasteiger partial charge in [0.2, 0.25) is 5.91 Å². The fraction of sp³-hybridized carbons (Fsp3) is 0.562. The monoisotopic (exact) mass is 278 g/mol. The summed E-state index contributed by atoms with van der Waals surface area (Å²) >= 11 is 0. The Hall–Kier alpha value is -1.55. The molecular weight excluding hydrogens is 252 g/mol. The van der Waals surface area contributed by atoms with E-state index in [0.29, 0.717) is 6.54 Å². The van der Waals surface area contributed by atoms with Crippen LogP contribution < -0.4 is 5.73 Å². The molecule has 1 aromatic rings. The molecule has 0 aromatic heterocycles. The van der Waals surface area contributed by atoms with Gasteiger partial charge in [0.25, 0.3) is 0 Å². The fourth-order valence-corrected chi connectivity index (χ4v) is 2.13. The number of hydrogen-bond donors (Lipinski definition) is 2. The standard InChI is InChI=1S/C16H26N2O2/c1-6-18(15(20)14(17)16(3,4)5)11(2)12-8-7-9-13(19)10-12/h7-11,14,19H,6,17H2,1-5H3/t11?,14-/m0/s1. The maximum absolute atomic E-state index is 12.6. The minimum atomic E-state index is -0.540. The zero-order valence-corrected chi connectivity index (χ0v) is 13.1. The van der Waals surface area contributed by atoms with Crippen molar-refractivity contribution in [1.82, 2.24) is 4.90 Å². The van der Waals surface area contributed by atoms with Gasteiger partial charge in [-0.15, -0.1) is 0 Å². The summed E-state index contributed by atoms with van der Waals surface area (Å²) in [4.78, 5) is 14.3. The van der Waals surface area contributed by atoms with Crippen LogP contribution in [-0.2, 0) is 4.79 Å². The van der Waals surface area contributed by atoms with E-state index in [-0.39, 0.29) is 23.1 Å². The van der Waals surface area contributed by atoms with Crippen LogP contribution in [0.2, 0.25) is 0 Å². The Balaban J connectivity index is 2.98. The molecule has 0 spiro atoms. The van der Waals surface area contributed by atoms with Gasteiger partial charge in [-0.05, 0) is 37.0 Å². The van der Waals surface area contributed by atoms with Crippen LogP contribution in [0.15, 0.2) is 24.3 Å². The maximum atomic E-state index is 12.6. The molecule has 0 fully saturated rings. The average molecular weight is 278 g/mol. The van der Waals surface area contributed by atoms with Gasteiger partial charge in [0.05, 0.1) is 12.1 Å². The Labute approximate surface area is 121 Å². The van der Waals surface area contributed by atoms with Crippen LogP contribution in [0, 0.1) is 5.41 Å². The zero-order valence-electron chi connectivity index (χ0n) is 13.1. The molecule has 0 heterocycles. The Morgan fingerprint density at radius 3 is 2.45 bits per heavy atom. The van der Waals surface area contributed by atoms with Crippen LogP contribution in [0.25, 0.3) is 0 Å². The van der Waals surface area contributed by atoms with Crippen molar-refractivity contribution < 1.29 is 9.90 Å². The number of hydrogen-bond acceptors (Lipinski definition) is 3. The Kier molecular flexibility index (Phi) is 5.17. The van der Waals surface area contributed by atoms with Crippen LogP contribution in [0.1, 0.15) is 46.2 Å². The van der Waals surface area contributed by atoms with E-state index in [1.54, 1.807) is 23.1 Å². The lowest BCUT2D eigenvalue weighted by atomic mass is 9.86. The van der Waals surface area contributed by atoms with Crippen molar-refractivity contribution in [1.29, 1.82) is 0 Å². The minimum Gasteiger partial charge on any atom is -0.508 e. The number of benzene rings is 1. The van der Waals surface area contributed by atoms with Crippen molar-refractivity contribution in [3.63, 3.8) is 0 Å². The van der Waals surface area contributed by atoms with E-state index in [4.69, 9.17) is 5.73 Å². The van der Waals surface area contributed by atoms with Crippen molar-refractivity contribution in [3.05, 3.63) is 29.8 Å². The third-order valence-electron chi connectivity index (χ3n) is 3.64. The lowest BCUT2D eigenvalue weighted by Gasteiger charge is -2.35. The van der Waals surface area contributed by atoms with Crippen LogP contribution in [0.4, 0.5) is 0 Å². The molecule has 20 heavy (non-hydrogen) atoms. The molecular formula is C16H26N2O2. The molecule has 1 rings (SSSR count). The normalized spacial score (nSPS) is 14.7. The highest BCUT2D eigenvalue weighted by Crippen LogP contribution is 2.26. The summed E-state index contributed by atoms with van der Waals surface area (Å²) < 4.78 is 0. The second-order valence-corrected chi connectivity index (χ2v) is 6.24. The van der Waals surface area contributed by atoms with Gasteiger partial charge in [0.1, 0.15) is 5.75 Å². The van der Waals surface area contributed by atoms with Crippen LogP contribution in [0.5, 0.6) is 5.75 Å². The van der Waals surface area contributed by atoms with E-state index >= 15 is 0 Å². The molecule has 1 aromatic carbocycles. The quantitative estimate of drug-likeness (QED) is 0.890. The van der Waals surface area contributed by atoms with Crippen molar-refractivity contribution in [2.45, 2.75) is 46.7 Å². The smallest absolute Gasteiger partial charge is 0.240 e. The fourth-order valence-electron chi connectivity index (χ4n) is 2.13. The van der Waals surface area contributed by atoms with Gasteiger partial charge < -0.3 is 15.7 Å². The van der Waals surface area contributed by atoms with Gasteiger partial charge >= 0.3 is 0 Å². The first-order valence-corrected chi connectivity index (χ1v) is 7.03. The lowest BCUT2D eigenvalue weighted by molar-refractivity contribution is -0.136. The highest BCUT2D eigenvalue weighted by molar-refractivity contribution is 5.82. The molecule has 0 saturated carbocycles. The number of carbonyl (C=O) groups is 1.